The zero-order valence-electron chi connectivity index (χ0n) is 11.3. The summed E-state index contributed by atoms with van der Waals surface area (Å²) in [5.41, 5.74) is 1.75. The van der Waals surface area contributed by atoms with Crippen LogP contribution >= 0.6 is 0 Å². The minimum absolute atomic E-state index is 0.474. The molecule has 7 nitrogen and oxygen atoms in total. The Morgan fingerprint density at radius 2 is 1.95 bits per heavy atom. The lowest BCUT2D eigenvalue weighted by molar-refractivity contribution is -0.145. The van der Waals surface area contributed by atoms with Crippen LogP contribution in [0, 0.1) is 0 Å². The highest BCUT2D eigenvalue weighted by atomic mass is 16.4. The highest BCUT2D eigenvalue weighted by Crippen LogP contribution is 2.26. The van der Waals surface area contributed by atoms with Crippen LogP contribution in [0.2, 0.25) is 0 Å². The molecule has 0 unspecified atom stereocenters. The van der Waals surface area contributed by atoms with Crippen molar-refractivity contribution in [3.63, 3.8) is 0 Å². The van der Waals surface area contributed by atoms with Gasteiger partial charge in [-0.15, -0.1) is 0 Å². The van der Waals surface area contributed by atoms with E-state index in [1.54, 1.807) is 12.1 Å². The normalized spacial score (nSPS) is 15.0. The van der Waals surface area contributed by atoms with Crippen LogP contribution in [0.3, 0.4) is 0 Å². The van der Waals surface area contributed by atoms with Crippen molar-refractivity contribution in [2.45, 2.75) is 25.3 Å². The van der Waals surface area contributed by atoms with Crippen molar-refractivity contribution < 1.29 is 24.6 Å². The third-order valence-corrected chi connectivity index (χ3v) is 3.33. The van der Waals surface area contributed by atoms with Crippen LogP contribution in [0.25, 0.3) is 0 Å². The predicted molar refractivity (Wildman–Crippen MR) is 74.3 cm³/mol. The van der Waals surface area contributed by atoms with Gasteiger partial charge >= 0.3 is 18.0 Å². The van der Waals surface area contributed by atoms with Gasteiger partial charge in [0.05, 0.1) is 6.42 Å². The van der Waals surface area contributed by atoms with E-state index >= 15 is 0 Å². The summed E-state index contributed by atoms with van der Waals surface area (Å²) in [5.74, 6) is -2.64. The minimum Gasteiger partial charge on any atom is -0.481 e. The van der Waals surface area contributed by atoms with Gasteiger partial charge in [-0.25, -0.2) is 9.59 Å². The number of fused-ring (bicyclic) bond motifs is 1. The van der Waals surface area contributed by atoms with Gasteiger partial charge in [0.15, 0.2) is 0 Å². The summed E-state index contributed by atoms with van der Waals surface area (Å²) in [5, 5.41) is 19.9. The molecule has 21 heavy (non-hydrogen) atoms. The molecular weight excluding hydrogens is 276 g/mol. The number of nitrogens with one attached hydrogen (secondary N) is 1. The number of carbonyl (C=O) groups excluding carboxylic acids is 1. The molecule has 1 aromatic rings. The summed E-state index contributed by atoms with van der Waals surface area (Å²) in [7, 11) is 0. The Morgan fingerprint density at radius 1 is 1.24 bits per heavy atom. The summed E-state index contributed by atoms with van der Waals surface area (Å²) < 4.78 is 0. The number of urea groups is 1. The highest BCUT2D eigenvalue weighted by Gasteiger charge is 2.28. The fourth-order valence-electron chi connectivity index (χ4n) is 2.35. The molecule has 3 N–H and O–H groups in total. The second kappa shape index (κ2) is 6.25. The van der Waals surface area contributed by atoms with Crippen molar-refractivity contribution in [3.8, 4) is 0 Å². The van der Waals surface area contributed by atoms with Crippen LogP contribution in [-0.2, 0) is 16.0 Å². The lowest BCUT2D eigenvalue weighted by Crippen LogP contribution is -2.50. The summed E-state index contributed by atoms with van der Waals surface area (Å²) in [6, 6.07) is 5.36. The van der Waals surface area contributed by atoms with Gasteiger partial charge in [0.2, 0.25) is 0 Å². The molecule has 2 rings (SSSR count). The van der Waals surface area contributed by atoms with Crippen LogP contribution in [-0.4, -0.2) is 40.8 Å². The Kier molecular flexibility index (Phi) is 4.42. The van der Waals surface area contributed by atoms with Gasteiger partial charge in [0, 0.05) is 12.2 Å². The molecule has 1 aliphatic rings. The van der Waals surface area contributed by atoms with Crippen molar-refractivity contribution in [3.05, 3.63) is 29.8 Å². The second-order valence-electron chi connectivity index (χ2n) is 4.82. The standard InChI is InChI=1S/C14H16N2O5/c17-12(18)8-10(13(19)20)15-14(21)16-7-3-5-9-4-1-2-6-11(9)16/h1-2,4,6,10H,3,5,7-8H2,(H,15,21)(H,17,18)(H,19,20)/t10-/m1/s1. The number of anilines is 1. The zero-order chi connectivity index (χ0) is 15.4. The molecule has 1 heterocycles. The number of amides is 2. The molecule has 0 spiro atoms. The largest absolute Gasteiger partial charge is 0.481 e. The maximum absolute atomic E-state index is 12.2. The van der Waals surface area contributed by atoms with Crippen molar-refractivity contribution >= 4 is 23.7 Å². The Hall–Kier alpha value is -2.57. The third-order valence-electron chi connectivity index (χ3n) is 3.33. The summed E-state index contributed by atoms with van der Waals surface area (Å²) in [6.07, 6.45) is 0.981. The molecule has 112 valence electrons. The number of rotatable bonds is 4. The van der Waals surface area contributed by atoms with Gasteiger partial charge in [-0.1, -0.05) is 18.2 Å². The molecule has 0 saturated carbocycles. The van der Waals surface area contributed by atoms with Gasteiger partial charge in [-0.3, -0.25) is 9.69 Å². The van der Waals surface area contributed by atoms with E-state index in [0.717, 1.165) is 24.1 Å². The Labute approximate surface area is 121 Å². The van der Waals surface area contributed by atoms with E-state index in [0.29, 0.717) is 6.54 Å². The van der Waals surface area contributed by atoms with E-state index in [9.17, 15) is 14.4 Å². The van der Waals surface area contributed by atoms with Crippen molar-refractivity contribution in [2.24, 2.45) is 0 Å². The van der Waals surface area contributed by atoms with Crippen molar-refractivity contribution in [1.29, 1.82) is 0 Å². The lowest BCUT2D eigenvalue weighted by atomic mass is 10.0. The number of carboxylic acid groups (broad SMARTS) is 2. The number of nitrogens with zero attached hydrogens (tertiary/aromatic N) is 1. The number of carboxylic acids is 2. The maximum atomic E-state index is 12.2. The monoisotopic (exact) mass is 292 g/mol. The van der Waals surface area contributed by atoms with Crippen LogP contribution in [0.5, 0.6) is 0 Å². The molecule has 0 fully saturated rings. The van der Waals surface area contributed by atoms with Gasteiger partial charge in [-0.2, -0.15) is 0 Å². The molecule has 7 heteroatoms. The average molecular weight is 292 g/mol. The summed E-state index contributed by atoms with van der Waals surface area (Å²) in [4.78, 5) is 35.3. The molecule has 0 aromatic heterocycles. The molecule has 1 atom stereocenters. The number of hydrogen-bond donors (Lipinski definition) is 3. The topological polar surface area (TPSA) is 107 Å². The first-order valence-electron chi connectivity index (χ1n) is 6.59. The first-order valence-corrected chi connectivity index (χ1v) is 6.59. The average Bonchev–Trinajstić information content (AvgIpc) is 2.45. The van der Waals surface area contributed by atoms with E-state index < -0.39 is 30.4 Å². The fourth-order valence-corrected chi connectivity index (χ4v) is 2.35. The number of aliphatic carboxylic acids is 2. The second-order valence-corrected chi connectivity index (χ2v) is 4.82. The van der Waals surface area contributed by atoms with Crippen LogP contribution < -0.4 is 10.2 Å². The fraction of sp³-hybridized carbons (Fsp3) is 0.357. The van der Waals surface area contributed by atoms with E-state index in [4.69, 9.17) is 10.2 Å². The molecule has 2 amide bonds. The van der Waals surface area contributed by atoms with E-state index in [1.807, 2.05) is 12.1 Å². The quantitative estimate of drug-likeness (QED) is 0.769. The highest BCUT2D eigenvalue weighted by molar-refractivity contribution is 5.96. The first kappa shape index (κ1) is 14.8. The number of benzene rings is 1. The number of carbonyl (C=O) groups is 3. The van der Waals surface area contributed by atoms with Crippen LogP contribution in [0.4, 0.5) is 10.5 Å². The number of aryl methyl sites for hydroxylation is 1. The Bertz CT molecular complexity index is 572. The molecule has 0 radical (unpaired) electrons. The van der Waals surface area contributed by atoms with Crippen molar-refractivity contribution in [2.75, 3.05) is 11.4 Å². The number of hydrogen-bond acceptors (Lipinski definition) is 3. The van der Waals surface area contributed by atoms with Gasteiger partial charge < -0.3 is 15.5 Å². The van der Waals surface area contributed by atoms with Crippen molar-refractivity contribution in [1.82, 2.24) is 5.32 Å². The third kappa shape index (κ3) is 3.50. The molecule has 0 bridgehead atoms. The van der Waals surface area contributed by atoms with Gasteiger partial charge in [-0.05, 0) is 24.5 Å². The minimum atomic E-state index is -1.44. The Morgan fingerprint density at radius 3 is 2.62 bits per heavy atom. The van der Waals surface area contributed by atoms with Gasteiger partial charge in [0.25, 0.3) is 0 Å². The zero-order valence-corrected chi connectivity index (χ0v) is 11.3. The summed E-state index contributed by atoms with van der Waals surface area (Å²) in [6.45, 7) is 0.474. The SMILES string of the molecule is O=C(O)C[C@@H](NC(=O)N1CCCc2ccccc21)C(=O)O. The predicted octanol–water partition coefficient (Wildman–Crippen LogP) is 1.08. The summed E-state index contributed by atoms with van der Waals surface area (Å²) >= 11 is 0. The van der Waals surface area contributed by atoms with E-state index in [-0.39, 0.29) is 0 Å². The van der Waals surface area contributed by atoms with Crippen LogP contribution in [0.1, 0.15) is 18.4 Å². The molecular formula is C14H16N2O5. The Balaban J connectivity index is 2.13. The van der Waals surface area contributed by atoms with E-state index in [2.05, 4.69) is 5.32 Å². The first-order chi connectivity index (χ1) is 9.99. The van der Waals surface area contributed by atoms with E-state index in [1.165, 1.54) is 4.90 Å². The number of para-hydroxylation sites is 1. The molecule has 0 aliphatic carbocycles. The smallest absolute Gasteiger partial charge is 0.326 e. The maximum Gasteiger partial charge on any atom is 0.326 e. The molecule has 0 saturated heterocycles. The van der Waals surface area contributed by atoms with Crippen LogP contribution in [0.15, 0.2) is 24.3 Å². The lowest BCUT2D eigenvalue weighted by Gasteiger charge is -2.30. The molecule has 1 aliphatic heterocycles. The van der Waals surface area contributed by atoms with Gasteiger partial charge in [0.1, 0.15) is 6.04 Å². The molecule has 1 aromatic carbocycles.